The highest BCUT2D eigenvalue weighted by atomic mass is 16.4. The van der Waals surface area contributed by atoms with Crippen LogP contribution < -0.4 is 0 Å². The Balaban J connectivity index is 1.26. The van der Waals surface area contributed by atoms with Gasteiger partial charge in [0.15, 0.2) is 0 Å². The second kappa shape index (κ2) is 12.8. The molecule has 1 N–H and O–H groups in total. The Morgan fingerprint density at radius 1 is 0.319 bits per heavy atom. The van der Waals surface area contributed by atoms with Gasteiger partial charge in [0.1, 0.15) is 0 Å². The van der Waals surface area contributed by atoms with Crippen LogP contribution in [0.2, 0.25) is 0 Å². The average Bonchev–Trinajstić information content (AvgIpc) is 3.12. The molecular formula is C45H34O2. The van der Waals surface area contributed by atoms with Crippen molar-refractivity contribution >= 4 is 5.97 Å². The first-order valence-corrected chi connectivity index (χ1v) is 15.8. The van der Waals surface area contributed by atoms with Crippen molar-refractivity contribution in [3.8, 4) is 66.8 Å². The van der Waals surface area contributed by atoms with Crippen LogP contribution in [0.25, 0.3) is 66.8 Å². The van der Waals surface area contributed by atoms with Gasteiger partial charge < -0.3 is 5.11 Å². The summed E-state index contributed by atoms with van der Waals surface area (Å²) in [4.78, 5) is 11.3. The minimum absolute atomic E-state index is 0.286. The van der Waals surface area contributed by atoms with E-state index in [1.807, 2.05) is 12.1 Å². The standard InChI is InChI=1S/C45H34O2/c1-30-3-7-32(8-4-30)34-11-17-38(18-12-34)42-27-43(39-19-13-35(14-20-39)33-9-5-31(2)6-10-33)29-44(28-42)40-21-15-36(16-22-40)37-23-25-41(26-24-37)45(46)47/h3-29H,1-2H3,(H,46,47). The molecule has 0 heterocycles. The van der Waals surface area contributed by atoms with E-state index in [4.69, 9.17) is 0 Å². The minimum Gasteiger partial charge on any atom is -0.478 e. The molecule has 0 fully saturated rings. The number of aromatic carboxylic acids is 1. The molecule has 2 heteroatoms. The fourth-order valence-electron chi connectivity index (χ4n) is 5.99. The zero-order chi connectivity index (χ0) is 32.3. The molecule has 0 saturated carbocycles. The van der Waals surface area contributed by atoms with E-state index < -0.39 is 5.97 Å². The number of benzene rings is 7. The second-order valence-electron chi connectivity index (χ2n) is 12.1. The van der Waals surface area contributed by atoms with Crippen LogP contribution in [0.5, 0.6) is 0 Å². The summed E-state index contributed by atoms with van der Waals surface area (Å²) in [6.07, 6.45) is 0. The molecule has 0 aromatic heterocycles. The quantitative estimate of drug-likeness (QED) is 0.196. The molecule has 0 atom stereocenters. The van der Waals surface area contributed by atoms with Gasteiger partial charge in [-0.1, -0.05) is 145 Å². The molecule has 0 amide bonds. The number of hydrogen-bond acceptors (Lipinski definition) is 1. The first-order valence-electron chi connectivity index (χ1n) is 15.8. The molecule has 7 aromatic rings. The van der Waals surface area contributed by atoms with Crippen molar-refractivity contribution in [2.24, 2.45) is 0 Å². The highest BCUT2D eigenvalue weighted by molar-refractivity contribution is 5.88. The van der Waals surface area contributed by atoms with Crippen molar-refractivity contribution in [3.05, 3.63) is 180 Å². The van der Waals surface area contributed by atoms with Crippen molar-refractivity contribution in [1.29, 1.82) is 0 Å². The normalized spacial score (nSPS) is 10.9. The predicted molar refractivity (Wildman–Crippen MR) is 195 cm³/mol. The molecular weight excluding hydrogens is 572 g/mol. The fourth-order valence-corrected chi connectivity index (χ4v) is 5.99. The van der Waals surface area contributed by atoms with E-state index in [2.05, 4.69) is 153 Å². The van der Waals surface area contributed by atoms with Crippen LogP contribution in [0.15, 0.2) is 164 Å². The second-order valence-corrected chi connectivity index (χ2v) is 12.1. The zero-order valence-electron chi connectivity index (χ0n) is 26.4. The maximum absolute atomic E-state index is 11.3. The summed E-state index contributed by atoms with van der Waals surface area (Å²) >= 11 is 0. The van der Waals surface area contributed by atoms with Gasteiger partial charge in [-0.2, -0.15) is 0 Å². The summed E-state index contributed by atoms with van der Waals surface area (Å²) < 4.78 is 0. The summed E-state index contributed by atoms with van der Waals surface area (Å²) in [6.45, 7) is 4.22. The van der Waals surface area contributed by atoms with Gasteiger partial charge in [-0.3, -0.25) is 0 Å². The van der Waals surface area contributed by atoms with Crippen LogP contribution >= 0.6 is 0 Å². The molecule has 7 rings (SSSR count). The van der Waals surface area contributed by atoms with E-state index in [1.54, 1.807) is 12.1 Å². The highest BCUT2D eigenvalue weighted by Gasteiger charge is 2.10. The molecule has 0 aliphatic rings. The van der Waals surface area contributed by atoms with Crippen molar-refractivity contribution < 1.29 is 9.90 Å². The molecule has 226 valence electrons. The minimum atomic E-state index is -0.919. The topological polar surface area (TPSA) is 37.3 Å². The Kier molecular flexibility index (Phi) is 8.08. The maximum Gasteiger partial charge on any atom is 0.335 e. The van der Waals surface area contributed by atoms with E-state index in [-0.39, 0.29) is 5.56 Å². The largest absolute Gasteiger partial charge is 0.478 e. The lowest BCUT2D eigenvalue weighted by Gasteiger charge is -2.13. The lowest BCUT2D eigenvalue weighted by molar-refractivity contribution is 0.0697. The number of carbonyl (C=O) groups is 1. The Labute approximate surface area is 276 Å². The lowest BCUT2D eigenvalue weighted by Crippen LogP contribution is -1.94. The summed E-state index contributed by atoms with van der Waals surface area (Å²) in [5, 5.41) is 9.27. The number of carboxylic acid groups (broad SMARTS) is 1. The number of hydrogen-bond donors (Lipinski definition) is 1. The van der Waals surface area contributed by atoms with Crippen molar-refractivity contribution in [2.45, 2.75) is 13.8 Å². The van der Waals surface area contributed by atoms with Crippen LogP contribution in [-0.2, 0) is 0 Å². The first-order chi connectivity index (χ1) is 22.9. The average molecular weight is 607 g/mol. The third-order valence-electron chi connectivity index (χ3n) is 8.82. The number of aryl methyl sites for hydroxylation is 2. The molecule has 0 saturated heterocycles. The third-order valence-corrected chi connectivity index (χ3v) is 8.82. The van der Waals surface area contributed by atoms with E-state index >= 15 is 0 Å². The van der Waals surface area contributed by atoms with Gasteiger partial charge in [-0.15, -0.1) is 0 Å². The van der Waals surface area contributed by atoms with Crippen LogP contribution in [0.4, 0.5) is 0 Å². The lowest BCUT2D eigenvalue weighted by atomic mass is 9.91. The van der Waals surface area contributed by atoms with Gasteiger partial charge >= 0.3 is 5.97 Å². The van der Waals surface area contributed by atoms with Crippen molar-refractivity contribution in [2.75, 3.05) is 0 Å². The van der Waals surface area contributed by atoms with E-state index in [0.29, 0.717) is 0 Å². The monoisotopic (exact) mass is 606 g/mol. The van der Waals surface area contributed by atoms with Gasteiger partial charge in [-0.05, 0) is 111 Å². The third kappa shape index (κ3) is 6.54. The van der Waals surface area contributed by atoms with Crippen molar-refractivity contribution in [1.82, 2.24) is 0 Å². The smallest absolute Gasteiger partial charge is 0.335 e. The predicted octanol–water partition coefficient (Wildman–Crippen LogP) is 12.0. The molecule has 0 radical (unpaired) electrons. The fraction of sp³-hybridized carbons (Fsp3) is 0.0444. The van der Waals surface area contributed by atoms with E-state index in [9.17, 15) is 9.90 Å². The first kappa shape index (κ1) is 29.7. The van der Waals surface area contributed by atoms with Gasteiger partial charge in [0.2, 0.25) is 0 Å². The molecule has 7 aromatic carbocycles. The van der Waals surface area contributed by atoms with Gasteiger partial charge in [0.25, 0.3) is 0 Å². The van der Waals surface area contributed by atoms with Gasteiger partial charge in [0.05, 0.1) is 5.56 Å². The zero-order valence-corrected chi connectivity index (χ0v) is 26.4. The van der Waals surface area contributed by atoms with Gasteiger partial charge in [0, 0.05) is 0 Å². The van der Waals surface area contributed by atoms with E-state index in [1.165, 1.54) is 33.4 Å². The summed E-state index contributed by atoms with van der Waals surface area (Å²) in [5.74, 6) is -0.919. The van der Waals surface area contributed by atoms with Crippen LogP contribution in [0.1, 0.15) is 21.5 Å². The molecule has 0 unspecified atom stereocenters. The number of rotatable bonds is 7. The van der Waals surface area contributed by atoms with Gasteiger partial charge in [-0.25, -0.2) is 4.79 Å². The molecule has 47 heavy (non-hydrogen) atoms. The Bertz CT molecular complexity index is 2050. The van der Waals surface area contributed by atoms with Crippen LogP contribution in [-0.4, -0.2) is 11.1 Å². The molecule has 0 bridgehead atoms. The number of carboxylic acids is 1. The Morgan fingerprint density at radius 2 is 0.511 bits per heavy atom. The van der Waals surface area contributed by atoms with E-state index in [0.717, 1.165) is 44.5 Å². The molecule has 0 aliphatic heterocycles. The molecule has 0 spiro atoms. The molecule has 2 nitrogen and oxygen atoms in total. The highest BCUT2D eigenvalue weighted by Crippen LogP contribution is 2.35. The van der Waals surface area contributed by atoms with Crippen LogP contribution in [0, 0.1) is 13.8 Å². The maximum atomic E-state index is 11.3. The van der Waals surface area contributed by atoms with Crippen LogP contribution in [0.3, 0.4) is 0 Å². The SMILES string of the molecule is Cc1ccc(-c2ccc(-c3cc(-c4ccc(-c5ccc(C)cc5)cc4)cc(-c4ccc(-c5ccc(C(=O)O)cc5)cc4)c3)cc2)cc1. The summed E-state index contributed by atoms with van der Waals surface area (Å²) in [7, 11) is 0. The summed E-state index contributed by atoms with van der Waals surface area (Å²) in [5.41, 5.74) is 16.5. The van der Waals surface area contributed by atoms with Crippen molar-refractivity contribution in [3.63, 3.8) is 0 Å². The molecule has 0 aliphatic carbocycles. The summed E-state index contributed by atoms with van der Waals surface area (Å²) in [6, 6.07) is 57.3. The Hall–Kier alpha value is -5.99. The Morgan fingerprint density at radius 3 is 0.745 bits per heavy atom.